The molecule has 0 unspecified atom stereocenters. The van der Waals surface area contributed by atoms with Gasteiger partial charge in [0.05, 0.1) is 17.8 Å². The maximum Gasteiger partial charge on any atom is 0.291 e. The molecule has 0 radical (unpaired) electrons. The first-order valence-corrected chi connectivity index (χ1v) is 7.97. The van der Waals surface area contributed by atoms with Gasteiger partial charge in [0, 0.05) is 11.1 Å². The Morgan fingerprint density at radius 3 is 2.71 bits per heavy atom. The van der Waals surface area contributed by atoms with Gasteiger partial charge in [-0.25, -0.2) is 5.43 Å². The van der Waals surface area contributed by atoms with Crippen LogP contribution in [0.1, 0.15) is 42.5 Å². The molecule has 24 heavy (non-hydrogen) atoms. The summed E-state index contributed by atoms with van der Waals surface area (Å²) in [5.41, 5.74) is 4.07. The van der Waals surface area contributed by atoms with Crippen LogP contribution in [0.4, 0.5) is 0 Å². The molecule has 0 saturated heterocycles. The molecule has 1 aromatic heterocycles. The molecule has 0 spiro atoms. The third-order valence-corrected chi connectivity index (χ3v) is 3.87. The van der Waals surface area contributed by atoms with E-state index in [9.17, 15) is 9.90 Å². The lowest BCUT2D eigenvalue weighted by Gasteiger charge is -2.14. The molecular weight excluding hydrogens is 376 g/mol. The fourth-order valence-electron chi connectivity index (χ4n) is 1.87. The topological polar surface area (TPSA) is 99.6 Å². The van der Waals surface area contributed by atoms with Crippen molar-refractivity contribution in [1.82, 2.24) is 15.6 Å². The fourth-order valence-corrected chi connectivity index (χ4v) is 2.33. The maximum absolute atomic E-state index is 12.0. The normalized spacial score (nSPS) is 11.7. The lowest BCUT2D eigenvalue weighted by Crippen LogP contribution is -2.18. The van der Waals surface area contributed by atoms with Crippen molar-refractivity contribution < 1.29 is 14.6 Å². The third-order valence-electron chi connectivity index (χ3n) is 3.27. The monoisotopic (exact) mass is 394 g/mol. The van der Waals surface area contributed by atoms with E-state index in [1.165, 1.54) is 13.3 Å². The van der Waals surface area contributed by atoms with E-state index in [1.807, 2.05) is 20.8 Å². The van der Waals surface area contributed by atoms with Gasteiger partial charge in [-0.05, 0) is 39.7 Å². The number of hydrogen-bond donors (Lipinski definition) is 3. The molecule has 0 bridgehead atoms. The van der Waals surface area contributed by atoms with Crippen LogP contribution < -0.4 is 10.2 Å². The van der Waals surface area contributed by atoms with E-state index in [0.717, 1.165) is 5.69 Å². The van der Waals surface area contributed by atoms with Gasteiger partial charge in [0.15, 0.2) is 17.2 Å². The van der Waals surface area contributed by atoms with Crippen molar-refractivity contribution in [3.8, 4) is 11.5 Å². The van der Waals surface area contributed by atoms with Crippen LogP contribution in [0.25, 0.3) is 0 Å². The van der Waals surface area contributed by atoms with Crippen LogP contribution in [0.5, 0.6) is 11.5 Å². The van der Waals surface area contributed by atoms with Gasteiger partial charge in [-0.15, -0.1) is 0 Å². The second-order valence-corrected chi connectivity index (χ2v) is 7.02. The van der Waals surface area contributed by atoms with Gasteiger partial charge in [-0.3, -0.25) is 9.89 Å². The second-order valence-electron chi connectivity index (χ2n) is 6.17. The highest BCUT2D eigenvalue weighted by atomic mass is 79.9. The number of nitrogens with zero attached hydrogens (tertiary/aromatic N) is 2. The molecule has 1 heterocycles. The van der Waals surface area contributed by atoms with Crippen LogP contribution in [-0.4, -0.2) is 34.5 Å². The molecule has 2 rings (SSSR count). The summed E-state index contributed by atoms with van der Waals surface area (Å²) in [5.74, 6) is -0.105. The molecule has 0 atom stereocenters. The Morgan fingerprint density at radius 2 is 2.12 bits per heavy atom. The highest BCUT2D eigenvalue weighted by molar-refractivity contribution is 9.10. The number of amides is 1. The highest BCUT2D eigenvalue weighted by Crippen LogP contribution is 2.34. The van der Waals surface area contributed by atoms with Crippen molar-refractivity contribution in [2.45, 2.75) is 26.2 Å². The number of hydrogen-bond acceptors (Lipinski definition) is 5. The Hall–Kier alpha value is -2.35. The Labute approximate surface area is 148 Å². The standard InChI is InChI=1S/C16H19BrN4O3/c1-16(2,3)13-7-11(19-20-13)15(23)21-18-8-9-5-10(17)14(22)12(6-9)24-4/h5-8,22H,1-4H3,(H,19,20)(H,21,23)/b18-8+. The molecule has 0 fully saturated rings. The van der Waals surface area contributed by atoms with E-state index in [4.69, 9.17) is 4.74 Å². The minimum absolute atomic E-state index is 0.00455. The van der Waals surface area contributed by atoms with E-state index in [1.54, 1.807) is 18.2 Å². The third kappa shape index (κ3) is 4.14. The minimum Gasteiger partial charge on any atom is -0.503 e. The predicted octanol–water partition coefficient (Wildman–Crippen LogP) is 2.95. The first-order chi connectivity index (χ1) is 11.2. The lowest BCUT2D eigenvalue weighted by atomic mass is 9.92. The smallest absolute Gasteiger partial charge is 0.291 e. The average Bonchev–Trinajstić information content (AvgIpc) is 3.00. The molecule has 7 nitrogen and oxygen atoms in total. The van der Waals surface area contributed by atoms with Crippen molar-refractivity contribution >= 4 is 28.1 Å². The summed E-state index contributed by atoms with van der Waals surface area (Å²) in [5, 5.41) is 20.5. The summed E-state index contributed by atoms with van der Waals surface area (Å²) >= 11 is 3.22. The Morgan fingerprint density at radius 1 is 1.42 bits per heavy atom. The van der Waals surface area contributed by atoms with Gasteiger partial charge in [0.2, 0.25) is 0 Å². The Kier molecular flexibility index (Phi) is 5.28. The molecule has 3 N–H and O–H groups in total. The lowest BCUT2D eigenvalue weighted by molar-refractivity contribution is 0.0950. The zero-order chi connectivity index (χ0) is 17.9. The first-order valence-electron chi connectivity index (χ1n) is 7.18. The number of hydrazone groups is 1. The van der Waals surface area contributed by atoms with E-state index >= 15 is 0 Å². The molecule has 8 heteroatoms. The molecule has 1 amide bonds. The summed E-state index contributed by atoms with van der Waals surface area (Å²) < 4.78 is 5.52. The number of methoxy groups -OCH3 is 1. The van der Waals surface area contributed by atoms with Crippen molar-refractivity contribution in [2.24, 2.45) is 5.10 Å². The molecule has 128 valence electrons. The average molecular weight is 395 g/mol. The molecule has 0 aliphatic rings. The van der Waals surface area contributed by atoms with E-state index in [2.05, 4.69) is 36.7 Å². The number of aromatic hydroxyl groups is 1. The van der Waals surface area contributed by atoms with Gasteiger partial charge in [-0.2, -0.15) is 10.2 Å². The Balaban J connectivity index is 2.07. The molecule has 0 saturated carbocycles. The number of carbonyl (C=O) groups is 1. The SMILES string of the molecule is COc1cc(/C=N/NC(=O)c2cc(C(C)(C)C)[nH]n2)cc(Br)c1O. The van der Waals surface area contributed by atoms with E-state index in [-0.39, 0.29) is 16.9 Å². The molecular formula is C16H19BrN4O3. The number of ether oxygens (including phenoxy) is 1. The van der Waals surface area contributed by atoms with Crippen LogP contribution in [0.3, 0.4) is 0 Å². The number of halogens is 1. The van der Waals surface area contributed by atoms with Crippen molar-refractivity contribution in [3.05, 3.63) is 39.6 Å². The predicted molar refractivity (Wildman–Crippen MR) is 94.7 cm³/mol. The first kappa shape index (κ1) is 18.0. The van der Waals surface area contributed by atoms with Gasteiger partial charge >= 0.3 is 0 Å². The van der Waals surface area contributed by atoms with Crippen LogP contribution in [0.2, 0.25) is 0 Å². The molecule has 0 aliphatic carbocycles. The number of carbonyl (C=O) groups excluding carboxylic acids is 1. The maximum atomic E-state index is 12.0. The second kappa shape index (κ2) is 7.04. The number of phenolic OH excluding ortho intramolecular Hbond substituents is 1. The summed E-state index contributed by atoms with van der Waals surface area (Å²) in [7, 11) is 1.45. The van der Waals surface area contributed by atoms with E-state index in [0.29, 0.717) is 15.8 Å². The van der Waals surface area contributed by atoms with Gasteiger partial charge in [-0.1, -0.05) is 20.8 Å². The number of aromatic amines is 1. The fraction of sp³-hybridized carbons (Fsp3) is 0.312. The van der Waals surface area contributed by atoms with Gasteiger partial charge < -0.3 is 9.84 Å². The van der Waals surface area contributed by atoms with Crippen LogP contribution in [0.15, 0.2) is 27.8 Å². The van der Waals surface area contributed by atoms with Gasteiger partial charge in [0.1, 0.15) is 0 Å². The molecule has 1 aromatic carbocycles. The van der Waals surface area contributed by atoms with Crippen LogP contribution >= 0.6 is 15.9 Å². The summed E-state index contributed by atoms with van der Waals surface area (Å²) in [6.45, 7) is 6.07. The quantitative estimate of drug-likeness (QED) is 0.548. The van der Waals surface area contributed by atoms with E-state index < -0.39 is 5.91 Å². The summed E-state index contributed by atoms with van der Waals surface area (Å²) in [6.07, 6.45) is 1.45. The number of nitrogens with one attached hydrogen (secondary N) is 2. The van der Waals surface area contributed by atoms with Crippen molar-refractivity contribution in [2.75, 3.05) is 7.11 Å². The number of rotatable bonds is 4. The van der Waals surface area contributed by atoms with Gasteiger partial charge in [0.25, 0.3) is 5.91 Å². The number of H-pyrrole nitrogens is 1. The molecule has 0 aliphatic heterocycles. The number of phenols is 1. The van der Waals surface area contributed by atoms with Crippen LogP contribution in [0, 0.1) is 0 Å². The zero-order valence-electron chi connectivity index (χ0n) is 13.8. The number of aromatic nitrogens is 2. The highest BCUT2D eigenvalue weighted by Gasteiger charge is 2.19. The molecule has 2 aromatic rings. The number of benzene rings is 1. The Bertz CT molecular complexity index is 778. The van der Waals surface area contributed by atoms with Crippen molar-refractivity contribution in [3.63, 3.8) is 0 Å². The van der Waals surface area contributed by atoms with Crippen molar-refractivity contribution in [1.29, 1.82) is 0 Å². The minimum atomic E-state index is -0.414. The largest absolute Gasteiger partial charge is 0.503 e. The summed E-state index contributed by atoms with van der Waals surface area (Å²) in [4.78, 5) is 12.0. The zero-order valence-corrected chi connectivity index (χ0v) is 15.4. The summed E-state index contributed by atoms with van der Waals surface area (Å²) in [6, 6.07) is 4.95. The van der Waals surface area contributed by atoms with Crippen LogP contribution in [-0.2, 0) is 5.41 Å².